The Morgan fingerprint density at radius 1 is 0.471 bits per heavy atom. The second kappa shape index (κ2) is 16.3. The summed E-state index contributed by atoms with van der Waals surface area (Å²) in [6.07, 6.45) is 1.66. The lowest BCUT2D eigenvalue weighted by molar-refractivity contribution is -0.0261. The highest BCUT2D eigenvalue weighted by atomic mass is 15.5. The molecule has 0 radical (unpaired) electrons. The van der Waals surface area contributed by atoms with E-state index >= 15 is 0 Å². The highest BCUT2D eigenvalue weighted by molar-refractivity contribution is 4.97. The van der Waals surface area contributed by atoms with Gasteiger partial charge in [-0.3, -0.25) is 29.4 Å². The molecule has 2 fully saturated rings. The van der Waals surface area contributed by atoms with Gasteiger partial charge < -0.3 is 0 Å². The van der Waals surface area contributed by atoms with Gasteiger partial charge in [-0.05, 0) is 0 Å². The van der Waals surface area contributed by atoms with Gasteiger partial charge in [0.1, 0.15) is 6.54 Å². The monoisotopic (exact) mass is 464 g/mol. The number of nitriles is 4. The number of nitrogens with zero attached hydrogens (tertiary/aromatic N) is 12. The van der Waals surface area contributed by atoms with E-state index in [0.717, 1.165) is 39.6 Å². The van der Waals surface area contributed by atoms with E-state index in [1.807, 2.05) is 9.80 Å². The third-order valence-corrected chi connectivity index (χ3v) is 5.27. The fourth-order valence-electron chi connectivity index (χ4n) is 3.88. The summed E-state index contributed by atoms with van der Waals surface area (Å²) < 4.78 is 0. The van der Waals surface area contributed by atoms with Crippen LogP contribution in [0.25, 0.3) is 9.69 Å². The summed E-state index contributed by atoms with van der Waals surface area (Å²) in [5.41, 5.74) is 0. The molecular formula is C22H32N12+2. The van der Waals surface area contributed by atoms with E-state index in [1.54, 1.807) is 0 Å². The second-order valence-corrected chi connectivity index (χ2v) is 8.17. The first-order valence-electron chi connectivity index (χ1n) is 11.3. The van der Waals surface area contributed by atoms with Crippen LogP contribution < -0.4 is 0 Å². The average molecular weight is 465 g/mol. The van der Waals surface area contributed by atoms with Crippen molar-refractivity contribution in [1.82, 2.24) is 29.4 Å². The molecule has 34 heavy (non-hydrogen) atoms. The third kappa shape index (κ3) is 10.5. The van der Waals surface area contributed by atoms with Crippen LogP contribution in [0.2, 0.25) is 0 Å². The summed E-state index contributed by atoms with van der Waals surface area (Å²) in [6, 6.07) is 14.7. The van der Waals surface area contributed by atoms with Crippen LogP contribution >= 0.6 is 0 Å². The topological polar surface area (TPSA) is 123 Å². The first-order chi connectivity index (χ1) is 16.7. The van der Waals surface area contributed by atoms with Crippen molar-refractivity contribution in [3.8, 4) is 36.4 Å². The lowest BCUT2D eigenvalue weighted by atomic mass is 10.3. The summed E-state index contributed by atoms with van der Waals surface area (Å²) in [6.45, 7) is 7.88. The van der Waals surface area contributed by atoms with Gasteiger partial charge in [-0.15, -0.1) is 0 Å². The standard InChI is InChI=1S/C22H32N12/c23-4-1-10-29-17-30(11-2-5-24)19-31(18-29)12-3-8-27-16-28-9-15-34-21-32(13-6-25)20-33(22-34)14-7-26/h1-3,10-22H2/q+2. The largest absolute Gasteiger partial charge is 0.551 e. The predicted molar refractivity (Wildman–Crippen MR) is 125 cm³/mol. The lowest BCUT2D eigenvalue weighted by Crippen LogP contribution is -2.55. The molecule has 0 N–H and O–H groups in total. The van der Waals surface area contributed by atoms with Crippen molar-refractivity contribution in [1.29, 1.82) is 21.0 Å². The number of rotatable bonds is 9. The minimum atomic E-state index is 0.264. The zero-order chi connectivity index (χ0) is 24.4. The van der Waals surface area contributed by atoms with Crippen LogP contribution in [0.4, 0.5) is 0 Å². The molecule has 0 amide bonds. The molecule has 0 atom stereocenters. The fraction of sp³-hybridized carbons (Fsp3) is 0.727. The van der Waals surface area contributed by atoms with Crippen LogP contribution in [-0.4, -0.2) is 115 Å². The SMILES string of the molecule is N#CCCN1CN(CCC#N)CN(CCC#[N+]C[N+]#CCN2CN(CC#N)CN(CC#N)C2)C1. The zero-order valence-corrected chi connectivity index (χ0v) is 19.7. The first-order valence-corrected chi connectivity index (χ1v) is 11.3. The van der Waals surface area contributed by atoms with Gasteiger partial charge >= 0.3 is 6.67 Å². The molecule has 0 aromatic heterocycles. The molecule has 2 aliphatic rings. The van der Waals surface area contributed by atoms with Crippen LogP contribution in [-0.2, 0) is 0 Å². The Morgan fingerprint density at radius 3 is 1.35 bits per heavy atom. The summed E-state index contributed by atoms with van der Waals surface area (Å²) in [5, 5.41) is 35.6. The van der Waals surface area contributed by atoms with Crippen LogP contribution in [0.3, 0.4) is 0 Å². The molecule has 2 aliphatic heterocycles. The summed E-state index contributed by atoms with van der Waals surface area (Å²) in [4.78, 5) is 21.1. The number of hydrogen-bond donors (Lipinski definition) is 0. The van der Waals surface area contributed by atoms with E-state index in [-0.39, 0.29) is 6.67 Å². The molecular weight excluding hydrogens is 432 g/mol. The van der Waals surface area contributed by atoms with Crippen molar-refractivity contribution in [2.75, 3.05) is 85.9 Å². The average Bonchev–Trinajstić information content (AvgIpc) is 2.83. The predicted octanol–water partition coefficient (Wildman–Crippen LogP) is 0.459. The Labute approximate surface area is 202 Å². The van der Waals surface area contributed by atoms with Crippen molar-refractivity contribution in [3.05, 3.63) is 9.69 Å². The maximum absolute atomic E-state index is 8.94. The van der Waals surface area contributed by atoms with Crippen molar-refractivity contribution in [2.24, 2.45) is 0 Å². The summed E-state index contributed by atoms with van der Waals surface area (Å²) in [7, 11) is 0. The molecule has 178 valence electrons. The Morgan fingerprint density at radius 2 is 0.882 bits per heavy atom. The van der Waals surface area contributed by atoms with E-state index in [1.165, 1.54) is 0 Å². The highest BCUT2D eigenvalue weighted by Crippen LogP contribution is 2.09. The van der Waals surface area contributed by atoms with Gasteiger partial charge in [0.05, 0.1) is 83.8 Å². The molecule has 12 nitrogen and oxygen atoms in total. The molecule has 0 aliphatic carbocycles. The van der Waals surface area contributed by atoms with Crippen LogP contribution in [0.5, 0.6) is 0 Å². The molecule has 0 bridgehead atoms. The molecule has 2 heterocycles. The quantitative estimate of drug-likeness (QED) is 0.445. The molecule has 12 heteroatoms. The Kier molecular flexibility index (Phi) is 12.9. The maximum atomic E-state index is 8.94. The smallest absolute Gasteiger partial charge is 0.276 e. The zero-order valence-electron chi connectivity index (χ0n) is 19.7. The first kappa shape index (κ1) is 26.9. The van der Waals surface area contributed by atoms with Crippen molar-refractivity contribution < 1.29 is 0 Å². The lowest BCUT2D eigenvalue weighted by Gasteiger charge is -2.41. The molecule has 0 aromatic rings. The molecule has 0 saturated carbocycles. The fourth-order valence-corrected chi connectivity index (χ4v) is 3.88. The molecule has 0 aromatic carbocycles. The third-order valence-electron chi connectivity index (χ3n) is 5.27. The van der Waals surface area contributed by atoms with E-state index in [0.29, 0.717) is 58.9 Å². The van der Waals surface area contributed by atoms with Gasteiger partial charge in [0.15, 0.2) is 0 Å². The van der Waals surface area contributed by atoms with Crippen LogP contribution in [0, 0.1) is 57.5 Å². The van der Waals surface area contributed by atoms with Gasteiger partial charge in [0, 0.05) is 42.2 Å². The van der Waals surface area contributed by atoms with Gasteiger partial charge in [-0.25, -0.2) is 0 Å². The van der Waals surface area contributed by atoms with E-state index in [4.69, 9.17) is 21.0 Å². The minimum Gasteiger partial charge on any atom is -0.276 e. The Bertz CT molecular complexity index is 865. The van der Waals surface area contributed by atoms with Gasteiger partial charge in [-0.1, -0.05) is 0 Å². The summed E-state index contributed by atoms with van der Waals surface area (Å²) >= 11 is 0. The van der Waals surface area contributed by atoms with Gasteiger partial charge in [0.2, 0.25) is 0 Å². The van der Waals surface area contributed by atoms with Gasteiger partial charge in [0.25, 0.3) is 12.1 Å². The molecule has 0 spiro atoms. The normalized spacial score (nSPS) is 18.4. The molecule has 2 saturated heterocycles. The van der Waals surface area contributed by atoms with Gasteiger partial charge in [-0.2, -0.15) is 21.0 Å². The maximum Gasteiger partial charge on any atom is 0.551 e. The van der Waals surface area contributed by atoms with E-state index in [9.17, 15) is 0 Å². The minimum absolute atomic E-state index is 0.264. The second-order valence-electron chi connectivity index (χ2n) is 8.17. The number of hydrogen-bond acceptors (Lipinski definition) is 10. The van der Waals surface area contributed by atoms with Crippen LogP contribution in [0.1, 0.15) is 19.3 Å². The highest BCUT2D eigenvalue weighted by Gasteiger charge is 2.24. The molecule has 2 rings (SSSR count). The molecule has 0 unspecified atom stereocenters. The van der Waals surface area contributed by atoms with Crippen molar-refractivity contribution in [3.63, 3.8) is 0 Å². The van der Waals surface area contributed by atoms with E-state index in [2.05, 4.69) is 65.7 Å². The van der Waals surface area contributed by atoms with Crippen LogP contribution in [0.15, 0.2) is 0 Å². The Hall–Kier alpha value is -3.30. The van der Waals surface area contributed by atoms with E-state index < -0.39 is 0 Å². The van der Waals surface area contributed by atoms with Crippen molar-refractivity contribution >= 4 is 0 Å². The Balaban J connectivity index is 1.72. The van der Waals surface area contributed by atoms with Crippen molar-refractivity contribution in [2.45, 2.75) is 19.3 Å². The summed E-state index contributed by atoms with van der Waals surface area (Å²) in [5.74, 6) is 0.